The van der Waals surface area contributed by atoms with E-state index in [0.717, 1.165) is 35.6 Å². The molecule has 0 saturated carbocycles. The van der Waals surface area contributed by atoms with Crippen LogP contribution in [0.15, 0.2) is 42.5 Å². The second-order valence-electron chi connectivity index (χ2n) is 6.38. The van der Waals surface area contributed by atoms with Gasteiger partial charge in [-0.25, -0.2) is 0 Å². The molecule has 2 rings (SSSR count). The summed E-state index contributed by atoms with van der Waals surface area (Å²) in [6, 6.07) is 14.0. The third-order valence-electron chi connectivity index (χ3n) is 4.38. The van der Waals surface area contributed by atoms with Gasteiger partial charge in [0.15, 0.2) is 11.5 Å². The van der Waals surface area contributed by atoms with Gasteiger partial charge in [0, 0.05) is 13.1 Å². The largest absolute Gasteiger partial charge is 0.493 e. The van der Waals surface area contributed by atoms with E-state index >= 15 is 0 Å². The third-order valence-corrected chi connectivity index (χ3v) is 4.38. The lowest BCUT2D eigenvalue weighted by Gasteiger charge is -2.17. The van der Waals surface area contributed by atoms with Crippen molar-refractivity contribution in [1.82, 2.24) is 10.2 Å². The van der Waals surface area contributed by atoms with Gasteiger partial charge < -0.3 is 14.8 Å². The van der Waals surface area contributed by atoms with Crippen molar-refractivity contribution in [3.63, 3.8) is 0 Å². The first-order chi connectivity index (χ1) is 12.5. The number of ether oxygens (including phenoxy) is 2. The van der Waals surface area contributed by atoms with Crippen molar-refractivity contribution in [3.8, 4) is 11.5 Å². The molecular weight excluding hydrogens is 328 g/mol. The van der Waals surface area contributed by atoms with E-state index in [2.05, 4.69) is 18.3 Å². The molecule has 0 unspecified atom stereocenters. The number of carbonyl (C=O) groups is 1. The molecule has 1 amide bonds. The number of hydrogen-bond donors (Lipinski definition) is 1. The van der Waals surface area contributed by atoms with Crippen LogP contribution < -0.4 is 14.8 Å². The molecule has 2 aromatic rings. The summed E-state index contributed by atoms with van der Waals surface area (Å²) in [6.45, 7) is 3.78. The first kappa shape index (κ1) is 19.8. The number of likely N-dealkylation sites (N-methyl/N-ethyl adjacent to an activating group) is 1. The third kappa shape index (κ3) is 5.77. The summed E-state index contributed by atoms with van der Waals surface area (Å²) in [5.74, 6) is 1.48. The van der Waals surface area contributed by atoms with Crippen molar-refractivity contribution in [2.75, 3.05) is 34.4 Å². The number of rotatable bonds is 9. The summed E-state index contributed by atoms with van der Waals surface area (Å²) in [5, 5.41) is 2.99. The van der Waals surface area contributed by atoms with E-state index in [9.17, 15) is 4.79 Å². The van der Waals surface area contributed by atoms with Crippen molar-refractivity contribution < 1.29 is 14.3 Å². The summed E-state index contributed by atoms with van der Waals surface area (Å²) >= 11 is 0. The van der Waals surface area contributed by atoms with E-state index in [4.69, 9.17) is 9.47 Å². The van der Waals surface area contributed by atoms with Crippen LogP contribution in [0.1, 0.15) is 16.7 Å². The molecular formula is C21H28N2O3. The molecule has 5 heteroatoms. The minimum atomic E-state index is 0.0306. The van der Waals surface area contributed by atoms with Crippen LogP contribution in [0.4, 0.5) is 0 Å². The molecule has 0 spiro atoms. The lowest BCUT2D eigenvalue weighted by atomic mass is 10.1. The summed E-state index contributed by atoms with van der Waals surface area (Å²) < 4.78 is 10.6. The van der Waals surface area contributed by atoms with Crippen molar-refractivity contribution in [2.24, 2.45) is 0 Å². The molecule has 26 heavy (non-hydrogen) atoms. The molecule has 0 fully saturated rings. The van der Waals surface area contributed by atoms with Gasteiger partial charge in [0.2, 0.25) is 5.91 Å². The van der Waals surface area contributed by atoms with Crippen LogP contribution in [0.2, 0.25) is 0 Å². The lowest BCUT2D eigenvalue weighted by molar-refractivity contribution is -0.122. The molecule has 2 aromatic carbocycles. The minimum Gasteiger partial charge on any atom is -0.493 e. The highest BCUT2D eigenvalue weighted by atomic mass is 16.5. The normalized spacial score (nSPS) is 10.7. The topological polar surface area (TPSA) is 50.8 Å². The van der Waals surface area contributed by atoms with E-state index in [-0.39, 0.29) is 5.91 Å². The van der Waals surface area contributed by atoms with Gasteiger partial charge >= 0.3 is 0 Å². The van der Waals surface area contributed by atoms with E-state index in [1.807, 2.05) is 48.3 Å². The van der Waals surface area contributed by atoms with Crippen molar-refractivity contribution >= 4 is 5.91 Å². The van der Waals surface area contributed by atoms with Crippen LogP contribution in [-0.2, 0) is 17.8 Å². The Labute approximate surface area is 155 Å². The summed E-state index contributed by atoms with van der Waals surface area (Å²) in [6.07, 6.45) is 0.835. The molecule has 0 atom stereocenters. The molecule has 0 saturated heterocycles. The van der Waals surface area contributed by atoms with Crippen LogP contribution in [-0.4, -0.2) is 45.2 Å². The molecule has 140 valence electrons. The fourth-order valence-electron chi connectivity index (χ4n) is 2.74. The Hall–Kier alpha value is -2.53. The SMILES string of the molecule is COc1ccc(CCN(C)CC(=O)NCc2ccccc2C)cc1OC. The van der Waals surface area contributed by atoms with Gasteiger partial charge in [0.25, 0.3) is 0 Å². The molecule has 5 nitrogen and oxygen atoms in total. The Balaban J connectivity index is 1.78. The average Bonchev–Trinajstić information content (AvgIpc) is 2.65. The Kier molecular flexibility index (Phi) is 7.48. The second-order valence-corrected chi connectivity index (χ2v) is 6.38. The maximum Gasteiger partial charge on any atom is 0.234 e. The molecule has 0 aliphatic rings. The number of methoxy groups -OCH3 is 2. The molecule has 0 bridgehead atoms. The zero-order chi connectivity index (χ0) is 18.9. The molecule has 0 heterocycles. The Morgan fingerprint density at radius 2 is 1.81 bits per heavy atom. The number of hydrogen-bond acceptors (Lipinski definition) is 4. The van der Waals surface area contributed by atoms with Gasteiger partial charge in [0.1, 0.15) is 0 Å². The Bertz CT molecular complexity index is 731. The van der Waals surface area contributed by atoms with Gasteiger partial charge in [-0.3, -0.25) is 9.69 Å². The van der Waals surface area contributed by atoms with E-state index in [1.165, 1.54) is 5.56 Å². The second kappa shape index (κ2) is 9.82. The smallest absolute Gasteiger partial charge is 0.234 e. The van der Waals surface area contributed by atoms with E-state index in [1.54, 1.807) is 14.2 Å². The number of benzene rings is 2. The summed E-state index contributed by atoms with van der Waals surface area (Å²) in [4.78, 5) is 14.2. The summed E-state index contributed by atoms with van der Waals surface area (Å²) in [7, 11) is 5.21. The monoisotopic (exact) mass is 356 g/mol. The molecule has 1 N–H and O–H groups in total. The van der Waals surface area contributed by atoms with Crippen LogP contribution in [0.5, 0.6) is 11.5 Å². The molecule has 0 aliphatic carbocycles. The number of carbonyl (C=O) groups excluding carboxylic acids is 1. The van der Waals surface area contributed by atoms with E-state index in [0.29, 0.717) is 13.1 Å². The van der Waals surface area contributed by atoms with Gasteiger partial charge in [-0.2, -0.15) is 0 Å². The first-order valence-corrected chi connectivity index (χ1v) is 8.74. The van der Waals surface area contributed by atoms with Gasteiger partial charge in [-0.15, -0.1) is 0 Å². The number of nitrogens with one attached hydrogen (secondary N) is 1. The molecule has 0 radical (unpaired) electrons. The van der Waals surface area contributed by atoms with Crippen molar-refractivity contribution in [3.05, 3.63) is 59.2 Å². The minimum absolute atomic E-state index is 0.0306. The van der Waals surface area contributed by atoms with Crippen LogP contribution in [0.3, 0.4) is 0 Å². The number of amides is 1. The summed E-state index contributed by atoms with van der Waals surface area (Å²) in [5.41, 5.74) is 3.48. The van der Waals surface area contributed by atoms with Crippen LogP contribution in [0.25, 0.3) is 0 Å². The van der Waals surface area contributed by atoms with E-state index < -0.39 is 0 Å². The predicted molar refractivity (Wildman–Crippen MR) is 104 cm³/mol. The number of aryl methyl sites for hydroxylation is 1. The fourth-order valence-corrected chi connectivity index (χ4v) is 2.74. The average molecular weight is 356 g/mol. The van der Waals surface area contributed by atoms with Gasteiger partial charge in [0.05, 0.1) is 20.8 Å². The zero-order valence-electron chi connectivity index (χ0n) is 16.0. The fraction of sp³-hybridized carbons (Fsp3) is 0.381. The first-order valence-electron chi connectivity index (χ1n) is 8.74. The Morgan fingerprint density at radius 3 is 2.50 bits per heavy atom. The van der Waals surface area contributed by atoms with Crippen LogP contribution in [0, 0.1) is 6.92 Å². The lowest BCUT2D eigenvalue weighted by Crippen LogP contribution is -2.35. The quantitative estimate of drug-likeness (QED) is 0.751. The zero-order valence-corrected chi connectivity index (χ0v) is 16.0. The standard InChI is InChI=1S/C21H28N2O3/c1-16-7-5-6-8-18(16)14-22-21(24)15-23(2)12-11-17-9-10-19(25-3)20(13-17)26-4/h5-10,13H,11-12,14-15H2,1-4H3,(H,22,24). The number of nitrogens with zero attached hydrogens (tertiary/aromatic N) is 1. The molecule has 0 aliphatic heterocycles. The molecule has 0 aromatic heterocycles. The highest BCUT2D eigenvalue weighted by molar-refractivity contribution is 5.78. The maximum absolute atomic E-state index is 12.1. The Morgan fingerprint density at radius 1 is 1.08 bits per heavy atom. The van der Waals surface area contributed by atoms with Crippen molar-refractivity contribution in [2.45, 2.75) is 19.9 Å². The maximum atomic E-state index is 12.1. The van der Waals surface area contributed by atoms with Gasteiger partial charge in [-0.05, 0) is 49.2 Å². The predicted octanol–water partition coefficient (Wildman–Crippen LogP) is 2.80. The highest BCUT2D eigenvalue weighted by Gasteiger charge is 2.09. The van der Waals surface area contributed by atoms with Crippen molar-refractivity contribution in [1.29, 1.82) is 0 Å². The van der Waals surface area contributed by atoms with Gasteiger partial charge in [-0.1, -0.05) is 30.3 Å². The highest BCUT2D eigenvalue weighted by Crippen LogP contribution is 2.27. The van der Waals surface area contributed by atoms with Crippen LogP contribution >= 0.6 is 0 Å².